The molecule has 5 unspecified atom stereocenters. The number of ketones is 1. The molecule has 0 saturated heterocycles. The Morgan fingerprint density at radius 3 is 2.46 bits per heavy atom. The molecule has 4 aliphatic rings. The first-order chi connectivity index (χ1) is 18.1. The molecule has 39 heavy (non-hydrogen) atoms. The van der Waals surface area contributed by atoms with Crippen LogP contribution < -0.4 is 0 Å². The van der Waals surface area contributed by atoms with Crippen molar-refractivity contribution in [3.05, 3.63) is 23.3 Å². The van der Waals surface area contributed by atoms with Crippen molar-refractivity contribution in [2.24, 2.45) is 40.4 Å². The zero-order valence-electron chi connectivity index (χ0n) is 25.0. The van der Waals surface area contributed by atoms with Crippen molar-refractivity contribution in [3.8, 4) is 0 Å². The summed E-state index contributed by atoms with van der Waals surface area (Å²) in [5.74, 6) is -2.42. The topological polar surface area (TPSA) is 110 Å². The average molecular weight is 545 g/mol. The van der Waals surface area contributed by atoms with Gasteiger partial charge in [-0.2, -0.15) is 0 Å². The normalized spacial score (nSPS) is 39.0. The largest absolute Gasteiger partial charge is 0.461 e. The molecule has 0 radical (unpaired) electrons. The predicted octanol–water partition coefficient (Wildman–Crippen LogP) is 4.93. The third kappa shape index (κ3) is 4.34. The lowest BCUT2D eigenvalue weighted by Gasteiger charge is -2.47. The van der Waals surface area contributed by atoms with Gasteiger partial charge in [-0.3, -0.25) is 14.4 Å². The summed E-state index contributed by atoms with van der Waals surface area (Å²) in [6, 6.07) is 0. The number of carbonyl (C=O) groups is 3. The molecule has 218 valence electrons. The fourth-order valence-electron chi connectivity index (χ4n) is 8.08. The van der Waals surface area contributed by atoms with Gasteiger partial charge in [0.25, 0.3) is 0 Å². The van der Waals surface area contributed by atoms with Gasteiger partial charge in [-0.05, 0) is 37.2 Å². The summed E-state index contributed by atoms with van der Waals surface area (Å²) in [6.45, 7) is 15.4. The SMILES string of the molecule is CCCCCC(=O)O[C@@]12C[C@@H](C)C34C=C(C)CC3(O)C(O)C(COC(=O)C(C)C(C)C)=CC(C4=O)[C@H]1C2(C)C. The van der Waals surface area contributed by atoms with Crippen LogP contribution in [0.1, 0.15) is 93.9 Å². The van der Waals surface area contributed by atoms with E-state index in [1.165, 1.54) is 0 Å². The number of allylic oxidation sites excluding steroid dienone is 1. The molecule has 2 bridgehead atoms. The Bertz CT molecular complexity index is 1090. The molecular formula is C32H48O7. The molecule has 2 N–H and O–H groups in total. The summed E-state index contributed by atoms with van der Waals surface area (Å²) in [7, 11) is 0. The van der Waals surface area contributed by atoms with Crippen molar-refractivity contribution in [1.29, 1.82) is 0 Å². The van der Waals surface area contributed by atoms with Crippen molar-refractivity contribution in [2.75, 3.05) is 6.61 Å². The summed E-state index contributed by atoms with van der Waals surface area (Å²) in [5, 5.41) is 24.0. The second-order valence-corrected chi connectivity index (χ2v) is 13.8. The first-order valence-electron chi connectivity index (χ1n) is 14.8. The number of carbonyl (C=O) groups excluding carboxylic acids is 3. The van der Waals surface area contributed by atoms with Crippen molar-refractivity contribution >= 4 is 17.7 Å². The van der Waals surface area contributed by atoms with Gasteiger partial charge in [-0.25, -0.2) is 0 Å². The van der Waals surface area contributed by atoms with Crippen LogP contribution in [-0.2, 0) is 23.9 Å². The summed E-state index contributed by atoms with van der Waals surface area (Å²) >= 11 is 0. The van der Waals surface area contributed by atoms with Gasteiger partial charge < -0.3 is 19.7 Å². The fraction of sp³-hybridized carbons (Fsp3) is 0.781. The van der Waals surface area contributed by atoms with Crippen LogP contribution in [0.15, 0.2) is 23.3 Å². The number of hydrogen-bond donors (Lipinski definition) is 2. The van der Waals surface area contributed by atoms with Gasteiger partial charge in [0, 0.05) is 30.1 Å². The van der Waals surface area contributed by atoms with Crippen LogP contribution in [0.5, 0.6) is 0 Å². The number of hydrogen-bond acceptors (Lipinski definition) is 7. The van der Waals surface area contributed by atoms with E-state index in [2.05, 4.69) is 6.92 Å². The molecule has 0 heterocycles. The number of aliphatic hydroxyl groups is 2. The smallest absolute Gasteiger partial charge is 0.309 e. The van der Waals surface area contributed by atoms with E-state index >= 15 is 0 Å². The van der Waals surface area contributed by atoms with E-state index in [0.717, 1.165) is 24.8 Å². The number of fused-ring (bicyclic) bond motifs is 3. The maximum absolute atomic E-state index is 14.6. The molecule has 0 aromatic carbocycles. The minimum absolute atomic E-state index is 0.0877. The predicted molar refractivity (Wildman–Crippen MR) is 147 cm³/mol. The molecule has 0 aliphatic heterocycles. The molecule has 4 rings (SSSR count). The number of Topliss-reactive ketones (excluding diaryl/α,β-unsaturated/α-hetero) is 1. The molecule has 2 saturated carbocycles. The molecule has 0 aromatic rings. The fourth-order valence-corrected chi connectivity index (χ4v) is 8.08. The van der Waals surface area contributed by atoms with Crippen molar-refractivity contribution in [2.45, 2.75) is 111 Å². The number of rotatable bonds is 9. The van der Waals surface area contributed by atoms with E-state index in [4.69, 9.17) is 9.47 Å². The second-order valence-electron chi connectivity index (χ2n) is 13.8. The van der Waals surface area contributed by atoms with Gasteiger partial charge in [0.15, 0.2) is 5.78 Å². The molecular weight excluding hydrogens is 496 g/mol. The van der Waals surface area contributed by atoms with E-state index in [1.807, 2.05) is 47.6 Å². The standard InChI is InChI=1S/C32H48O7/c1-9-10-11-12-24(33)39-32-16-20(5)30-14-19(4)15-31(30,37)26(34)22(17-38-28(36)21(6)18(2)3)13-23(27(30)35)25(32)29(32,7)8/h13-14,18,20-21,23,25-26,34,37H,9-12,15-17H2,1-8H3/t20-,21?,23?,25+,26?,30?,31?,32+/m1/s1. The van der Waals surface area contributed by atoms with Crippen molar-refractivity contribution in [3.63, 3.8) is 0 Å². The van der Waals surface area contributed by atoms with Gasteiger partial charge in [0.1, 0.15) is 23.9 Å². The van der Waals surface area contributed by atoms with Crippen LogP contribution >= 0.6 is 0 Å². The van der Waals surface area contributed by atoms with Crippen LogP contribution in [0, 0.1) is 40.4 Å². The Hall–Kier alpha value is -1.99. The molecule has 2 fully saturated rings. The molecule has 7 nitrogen and oxygen atoms in total. The van der Waals surface area contributed by atoms with Crippen molar-refractivity contribution < 1.29 is 34.1 Å². The Kier molecular flexibility index (Phi) is 7.79. The second kappa shape index (κ2) is 10.1. The number of unbranched alkanes of at least 4 members (excludes halogenated alkanes) is 2. The van der Waals surface area contributed by atoms with E-state index in [0.29, 0.717) is 18.4 Å². The zero-order valence-corrected chi connectivity index (χ0v) is 25.0. The monoisotopic (exact) mass is 544 g/mol. The Morgan fingerprint density at radius 1 is 1.18 bits per heavy atom. The lowest BCUT2D eigenvalue weighted by molar-refractivity contribution is -0.169. The summed E-state index contributed by atoms with van der Waals surface area (Å²) in [5.41, 5.74) is -3.26. The van der Waals surface area contributed by atoms with Gasteiger partial charge in [0.05, 0.1) is 11.3 Å². The summed E-state index contributed by atoms with van der Waals surface area (Å²) < 4.78 is 12.0. The Balaban J connectivity index is 1.77. The van der Waals surface area contributed by atoms with E-state index in [-0.39, 0.29) is 48.5 Å². The highest BCUT2D eigenvalue weighted by molar-refractivity contribution is 5.95. The Morgan fingerprint density at radius 2 is 1.85 bits per heavy atom. The van der Waals surface area contributed by atoms with Crippen molar-refractivity contribution in [1.82, 2.24) is 0 Å². The first-order valence-corrected chi connectivity index (χ1v) is 14.8. The lowest BCUT2D eigenvalue weighted by Crippen LogP contribution is -2.60. The van der Waals surface area contributed by atoms with Gasteiger partial charge >= 0.3 is 11.9 Å². The van der Waals surface area contributed by atoms with Crippen LogP contribution in [0.3, 0.4) is 0 Å². The first kappa shape index (κ1) is 30.0. The minimum atomic E-state index is -1.78. The average Bonchev–Trinajstić information content (AvgIpc) is 3.19. The maximum Gasteiger partial charge on any atom is 0.309 e. The number of aliphatic hydroxyl groups excluding tert-OH is 1. The van der Waals surface area contributed by atoms with Crippen LogP contribution in [0.25, 0.3) is 0 Å². The van der Waals surface area contributed by atoms with E-state index in [9.17, 15) is 24.6 Å². The molecule has 0 amide bonds. The summed E-state index contributed by atoms with van der Waals surface area (Å²) in [4.78, 5) is 40.3. The third-order valence-electron chi connectivity index (χ3n) is 10.7. The van der Waals surface area contributed by atoms with Gasteiger partial charge in [-0.1, -0.05) is 79.0 Å². The van der Waals surface area contributed by atoms with Gasteiger partial charge in [-0.15, -0.1) is 0 Å². The molecule has 4 aliphatic carbocycles. The highest BCUT2D eigenvalue weighted by Gasteiger charge is 2.82. The van der Waals surface area contributed by atoms with E-state index < -0.39 is 40.0 Å². The quantitative estimate of drug-likeness (QED) is 0.240. The number of esters is 2. The highest BCUT2D eigenvalue weighted by Crippen LogP contribution is 2.75. The molecule has 8 atom stereocenters. The van der Waals surface area contributed by atoms with Crippen LogP contribution in [0.4, 0.5) is 0 Å². The minimum Gasteiger partial charge on any atom is -0.461 e. The van der Waals surface area contributed by atoms with Gasteiger partial charge in [0.2, 0.25) is 0 Å². The lowest BCUT2D eigenvalue weighted by atomic mass is 9.59. The summed E-state index contributed by atoms with van der Waals surface area (Å²) in [6.07, 6.45) is 5.81. The highest BCUT2D eigenvalue weighted by atomic mass is 16.6. The van der Waals surface area contributed by atoms with Crippen LogP contribution in [-0.4, -0.2) is 51.8 Å². The maximum atomic E-state index is 14.6. The molecule has 0 aromatic heterocycles. The molecule has 1 spiro atoms. The zero-order chi connectivity index (χ0) is 29.1. The Labute approximate surface area is 233 Å². The number of ether oxygens (including phenoxy) is 2. The van der Waals surface area contributed by atoms with Crippen LogP contribution in [0.2, 0.25) is 0 Å². The third-order valence-corrected chi connectivity index (χ3v) is 10.7. The van der Waals surface area contributed by atoms with E-state index in [1.54, 1.807) is 13.0 Å². The molecule has 7 heteroatoms.